The molecule has 1 amide bonds. The fraction of sp³-hybridized carbons (Fsp3) is 0.538. The minimum atomic E-state index is -0.125. The number of carbonyl (C=O) groups is 1. The number of hydrogen-bond acceptors (Lipinski definition) is 3. The van der Waals surface area contributed by atoms with E-state index in [4.69, 9.17) is 5.73 Å². The topological polar surface area (TPSA) is 68.0 Å². The van der Waals surface area contributed by atoms with Gasteiger partial charge in [0.15, 0.2) is 0 Å². The van der Waals surface area contributed by atoms with Crippen LogP contribution in [0.15, 0.2) is 22.9 Å². The Hall–Kier alpha value is -0.940. The van der Waals surface area contributed by atoms with Crippen LogP contribution in [0.25, 0.3) is 0 Å². The number of halogens is 1. The predicted molar refractivity (Wildman–Crippen MR) is 77.2 cm³/mol. The highest BCUT2D eigenvalue weighted by Gasteiger charge is 2.18. The van der Waals surface area contributed by atoms with Gasteiger partial charge < -0.3 is 11.1 Å². The third-order valence-corrected chi connectivity index (χ3v) is 2.99. The molecule has 0 radical (unpaired) electrons. The van der Waals surface area contributed by atoms with Crippen molar-refractivity contribution < 1.29 is 4.79 Å². The molecule has 1 unspecified atom stereocenters. The first kappa shape index (κ1) is 15.1. The molecule has 5 heteroatoms. The number of nitrogens with zero attached hydrogens (tertiary/aromatic N) is 1. The first-order valence-electron chi connectivity index (χ1n) is 5.94. The summed E-state index contributed by atoms with van der Waals surface area (Å²) in [6.45, 7) is 6.34. The molecule has 1 aromatic rings. The van der Waals surface area contributed by atoms with Crippen molar-refractivity contribution in [2.24, 2.45) is 11.1 Å². The quantitative estimate of drug-likeness (QED) is 0.840. The van der Waals surface area contributed by atoms with E-state index < -0.39 is 0 Å². The lowest BCUT2D eigenvalue weighted by atomic mass is 9.87. The van der Waals surface area contributed by atoms with E-state index in [1.54, 1.807) is 18.3 Å². The number of nitrogens with one attached hydrogen (secondary N) is 1. The van der Waals surface area contributed by atoms with Gasteiger partial charge in [0.25, 0.3) is 0 Å². The van der Waals surface area contributed by atoms with Crippen molar-refractivity contribution in [3.05, 3.63) is 22.9 Å². The third kappa shape index (κ3) is 5.60. The maximum atomic E-state index is 11.8. The van der Waals surface area contributed by atoms with E-state index in [1.807, 2.05) is 0 Å². The van der Waals surface area contributed by atoms with Gasteiger partial charge in [0.1, 0.15) is 4.60 Å². The molecule has 1 aromatic heterocycles. The fourth-order valence-electron chi connectivity index (χ4n) is 1.78. The van der Waals surface area contributed by atoms with Crippen LogP contribution in [-0.2, 0) is 4.79 Å². The summed E-state index contributed by atoms with van der Waals surface area (Å²) in [5, 5.41) is 2.80. The fourth-order valence-corrected chi connectivity index (χ4v) is 2.13. The molecular formula is C13H20BrN3O. The van der Waals surface area contributed by atoms with Crippen LogP contribution in [0.4, 0.5) is 5.69 Å². The number of anilines is 1. The molecule has 100 valence electrons. The molecule has 0 aliphatic rings. The van der Waals surface area contributed by atoms with E-state index in [9.17, 15) is 4.79 Å². The van der Waals surface area contributed by atoms with Crippen molar-refractivity contribution in [3.8, 4) is 0 Å². The molecule has 18 heavy (non-hydrogen) atoms. The normalized spacial score (nSPS) is 13.2. The highest BCUT2D eigenvalue weighted by Crippen LogP contribution is 2.22. The molecule has 1 heterocycles. The number of aromatic nitrogens is 1. The highest BCUT2D eigenvalue weighted by molar-refractivity contribution is 9.10. The van der Waals surface area contributed by atoms with Crippen molar-refractivity contribution in [2.75, 3.05) is 5.32 Å². The minimum Gasteiger partial charge on any atom is -0.327 e. The molecule has 0 saturated carbocycles. The van der Waals surface area contributed by atoms with E-state index in [0.717, 1.165) is 6.42 Å². The van der Waals surface area contributed by atoms with Gasteiger partial charge in [-0.1, -0.05) is 20.8 Å². The lowest BCUT2D eigenvalue weighted by Gasteiger charge is -2.22. The summed E-state index contributed by atoms with van der Waals surface area (Å²) in [5.41, 5.74) is 6.77. The molecular weight excluding hydrogens is 294 g/mol. The second-order valence-electron chi connectivity index (χ2n) is 5.62. The van der Waals surface area contributed by atoms with Crippen LogP contribution in [0.2, 0.25) is 0 Å². The second kappa shape index (κ2) is 6.29. The number of pyridine rings is 1. The molecule has 0 aliphatic heterocycles. The number of rotatable bonds is 4. The lowest BCUT2D eigenvalue weighted by molar-refractivity contribution is -0.116. The van der Waals surface area contributed by atoms with E-state index in [2.05, 4.69) is 47.0 Å². The van der Waals surface area contributed by atoms with Crippen LogP contribution < -0.4 is 11.1 Å². The highest BCUT2D eigenvalue weighted by atomic mass is 79.9. The molecule has 0 saturated heterocycles. The first-order valence-corrected chi connectivity index (χ1v) is 6.73. The molecule has 1 rings (SSSR count). The average Bonchev–Trinajstić information content (AvgIpc) is 2.18. The van der Waals surface area contributed by atoms with E-state index >= 15 is 0 Å². The largest absolute Gasteiger partial charge is 0.327 e. The summed E-state index contributed by atoms with van der Waals surface area (Å²) >= 11 is 3.28. The van der Waals surface area contributed by atoms with E-state index in [0.29, 0.717) is 16.7 Å². The Morgan fingerprint density at radius 3 is 2.78 bits per heavy atom. The molecule has 0 fully saturated rings. The Balaban J connectivity index is 2.50. The van der Waals surface area contributed by atoms with Gasteiger partial charge in [-0.3, -0.25) is 4.79 Å². The second-order valence-corrected chi connectivity index (χ2v) is 6.37. The Morgan fingerprint density at radius 1 is 1.56 bits per heavy atom. The Kier molecular flexibility index (Phi) is 5.28. The number of carbonyl (C=O) groups excluding carboxylic acids is 1. The Morgan fingerprint density at radius 2 is 2.22 bits per heavy atom. The lowest BCUT2D eigenvalue weighted by Crippen LogP contribution is -2.31. The smallest absolute Gasteiger partial charge is 0.226 e. The van der Waals surface area contributed by atoms with Crippen molar-refractivity contribution in [3.63, 3.8) is 0 Å². The zero-order chi connectivity index (χ0) is 13.8. The van der Waals surface area contributed by atoms with Gasteiger partial charge in [-0.2, -0.15) is 0 Å². The SMILES string of the molecule is CC(C)(C)CC(N)CC(=O)Nc1cccnc1Br. The summed E-state index contributed by atoms with van der Waals surface area (Å²) < 4.78 is 0.628. The maximum Gasteiger partial charge on any atom is 0.226 e. The van der Waals surface area contributed by atoms with E-state index in [1.165, 1.54) is 0 Å². The monoisotopic (exact) mass is 313 g/mol. The maximum absolute atomic E-state index is 11.8. The van der Waals surface area contributed by atoms with Crippen LogP contribution >= 0.6 is 15.9 Å². The number of nitrogens with two attached hydrogens (primary N) is 1. The standard InChI is InChI=1S/C13H20BrN3O/c1-13(2,3)8-9(15)7-11(18)17-10-5-4-6-16-12(10)14/h4-6,9H,7-8,15H2,1-3H3,(H,17,18). The predicted octanol–water partition coefficient (Wildman–Crippen LogP) is 2.94. The summed E-state index contributed by atoms with van der Waals surface area (Å²) in [4.78, 5) is 15.9. The van der Waals surface area contributed by atoms with Crippen LogP contribution in [0.3, 0.4) is 0 Å². The van der Waals surface area contributed by atoms with Gasteiger partial charge in [0, 0.05) is 18.7 Å². The van der Waals surface area contributed by atoms with Crippen LogP contribution in [0.1, 0.15) is 33.6 Å². The minimum absolute atomic E-state index is 0.0829. The van der Waals surface area contributed by atoms with Gasteiger partial charge in [-0.15, -0.1) is 0 Å². The first-order chi connectivity index (χ1) is 8.28. The van der Waals surface area contributed by atoms with Crippen LogP contribution in [-0.4, -0.2) is 16.9 Å². The molecule has 1 atom stereocenters. The van der Waals surface area contributed by atoms with Gasteiger partial charge in [-0.05, 0) is 39.9 Å². The van der Waals surface area contributed by atoms with Crippen molar-refractivity contribution in [1.29, 1.82) is 0 Å². The molecule has 0 aliphatic carbocycles. The van der Waals surface area contributed by atoms with Crippen molar-refractivity contribution in [1.82, 2.24) is 4.98 Å². The molecule has 0 aromatic carbocycles. The zero-order valence-corrected chi connectivity index (χ0v) is 12.6. The average molecular weight is 314 g/mol. The molecule has 0 bridgehead atoms. The van der Waals surface area contributed by atoms with Crippen LogP contribution in [0, 0.1) is 5.41 Å². The van der Waals surface area contributed by atoms with Gasteiger partial charge in [0.2, 0.25) is 5.91 Å². The number of hydrogen-bond donors (Lipinski definition) is 2. The summed E-state index contributed by atoms with van der Waals surface area (Å²) in [5.74, 6) is -0.0829. The Bertz CT molecular complexity index is 415. The summed E-state index contributed by atoms with van der Waals surface area (Å²) in [6.07, 6.45) is 2.79. The van der Waals surface area contributed by atoms with E-state index in [-0.39, 0.29) is 17.4 Å². The molecule has 3 N–H and O–H groups in total. The van der Waals surface area contributed by atoms with Crippen LogP contribution in [0.5, 0.6) is 0 Å². The Labute approximate surface area is 116 Å². The third-order valence-electron chi connectivity index (χ3n) is 2.36. The van der Waals surface area contributed by atoms with Crippen molar-refractivity contribution >= 4 is 27.5 Å². The van der Waals surface area contributed by atoms with Crippen molar-refractivity contribution in [2.45, 2.75) is 39.7 Å². The van der Waals surface area contributed by atoms with Gasteiger partial charge >= 0.3 is 0 Å². The zero-order valence-electron chi connectivity index (χ0n) is 11.0. The van der Waals surface area contributed by atoms with Gasteiger partial charge in [0.05, 0.1) is 5.69 Å². The number of amides is 1. The summed E-state index contributed by atoms with van der Waals surface area (Å²) in [6, 6.07) is 3.44. The van der Waals surface area contributed by atoms with Gasteiger partial charge in [-0.25, -0.2) is 4.98 Å². The summed E-state index contributed by atoms with van der Waals surface area (Å²) in [7, 11) is 0. The molecule has 0 spiro atoms. The molecule has 4 nitrogen and oxygen atoms in total.